The summed E-state index contributed by atoms with van der Waals surface area (Å²) >= 11 is 1.38. The Morgan fingerprint density at radius 2 is 2.04 bits per heavy atom. The fraction of sp³-hybridized carbons (Fsp3) is 0.286. The van der Waals surface area contributed by atoms with Gasteiger partial charge in [-0.3, -0.25) is 4.79 Å². The first-order valence-corrected chi connectivity index (χ1v) is 9.99. The lowest BCUT2D eigenvalue weighted by molar-refractivity contribution is 0.0713. The number of furan rings is 1. The van der Waals surface area contributed by atoms with Gasteiger partial charge in [0.1, 0.15) is 11.4 Å². The van der Waals surface area contributed by atoms with Crippen LogP contribution in [-0.4, -0.2) is 37.0 Å². The maximum atomic E-state index is 14.0. The number of rotatable bonds is 5. The van der Waals surface area contributed by atoms with E-state index in [0.717, 1.165) is 30.5 Å². The average Bonchev–Trinajstić information content (AvgIpc) is 3.34. The molecule has 2 aromatic carbocycles. The third-order valence-electron chi connectivity index (χ3n) is 5.00. The van der Waals surface area contributed by atoms with E-state index in [1.165, 1.54) is 17.8 Å². The van der Waals surface area contributed by atoms with Gasteiger partial charge in [-0.1, -0.05) is 30.3 Å². The summed E-state index contributed by atoms with van der Waals surface area (Å²) in [6.07, 6.45) is 0.932. The number of halogens is 1. The number of fused-ring (bicyclic) bond motifs is 1. The number of carbonyl (C=O) groups excluding carboxylic acids is 1. The first kappa shape index (κ1) is 18.1. The number of nitrogens with one attached hydrogen (secondary N) is 1. The summed E-state index contributed by atoms with van der Waals surface area (Å²) in [5.41, 5.74) is 1.50. The van der Waals surface area contributed by atoms with E-state index in [2.05, 4.69) is 5.32 Å². The summed E-state index contributed by atoms with van der Waals surface area (Å²) < 4.78 is 19.9. The van der Waals surface area contributed by atoms with Crippen LogP contribution in [0.2, 0.25) is 0 Å². The molecule has 1 aliphatic rings. The lowest BCUT2D eigenvalue weighted by Gasteiger charge is -2.23. The number of carbonyl (C=O) groups is 1. The second-order valence-corrected chi connectivity index (χ2v) is 7.70. The Labute approximate surface area is 161 Å². The van der Waals surface area contributed by atoms with E-state index in [9.17, 15) is 9.18 Å². The highest BCUT2D eigenvalue weighted by Gasteiger charge is 2.29. The standard InChI is InChI=1S/C21H21FN2O2S/c1-24(14-10-11-23-12-14)21(25)20-16(15-6-2-4-8-18(15)26-20)13-27-19-9-5-3-7-17(19)22/h2-9,14,23H,10-13H2,1H3. The molecule has 1 N–H and O–H groups in total. The largest absolute Gasteiger partial charge is 0.451 e. The van der Waals surface area contributed by atoms with Crippen molar-refractivity contribution < 1.29 is 13.6 Å². The van der Waals surface area contributed by atoms with Crippen LogP contribution in [0, 0.1) is 5.82 Å². The highest BCUT2D eigenvalue weighted by Crippen LogP contribution is 2.33. The molecule has 4 nitrogen and oxygen atoms in total. The van der Waals surface area contributed by atoms with E-state index < -0.39 is 0 Å². The highest BCUT2D eigenvalue weighted by atomic mass is 32.2. The topological polar surface area (TPSA) is 45.5 Å². The first-order chi connectivity index (χ1) is 13.1. The Morgan fingerprint density at radius 1 is 1.26 bits per heavy atom. The third kappa shape index (κ3) is 3.59. The Hall–Kier alpha value is -2.31. The second kappa shape index (κ2) is 7.74. The van der Waals surface area contributed by atoms with E-state index in [0.29, 0.717) is 22.0 Å². The van der Waals surface area contributed by atoms with Crippen molar-refractivity contribution in [3.05, 3.63) is 65.7 Å². The number of benzene rings is 2. The fourth-order valence-electron chi connectivity index (χ4n) is 3.42. The van der Waals surface area contributed by atoms with Gasteiger partial charge in [-0.2, -0.15) is 0 Å². The summed E-state index contributed by atoms with van der Waals surface area (Å²) in [6, 6.07) is 14.5. The predicted octanol–water partition coefficient (Wildman–Crippen LogP) is 4.30. The number of nitrogens with zero attached hydrogens (tertiary/aromatic N) is 1. The zero-order valence-corrected chi connectivity index (χ0v) is 15.9. The molecule has 1 fully saturated rings. The van der Waals surface area contributed by atoms with Crippen molar-refractivity contribution in [2.24, 2.45) is 0 Å². The molecule has 1 aliphatic heterocycles. The van der Waals surface area contributed by atoms with Crippen LogP contribution in [0.25, 0.3) is 11.0 Å². The van der Waals surface area contributed by atoms with Gasteiger partial charge in [-0.15, -0.1) is 11.8 Å². The Balaban J connectivity index is 1.66. The molecular formula is C21H21FN2O2S. The van der Waals surface area contributed by atoms with E-state index in [4.69, 9.17) is 4.42 Å². The summed E-state index contributed by atoms with van der Waals surface area (Å²) in [5.74, 6) is 0.450. The molecule has 2 heterocycles. The van der Waals surface area contributed by atoms with Crippen LogP contribution in [0.5, 0.6) is 0 Å². The lowest BCUT2D eigenvalue weighted by Crippen LogP contribution is -2.38. The number of thioether (sulfide) groups is 1. The minimum absolute atomic E-state index is 0.121. The number of para-hydroxylation sites is 1. The lowest BCUT2D eigenvalue weighted by atomic mass is 10.1. The van der Waals surface area contributed by atoms with Crippen molar-refractivity contribution in [1.82, 2.24) is 10.2 Å². The van der Waals surface area contributed by atoms with Gasteiger partial charge >= 0.3 is 0 Å². The quantitative estimate of drug-likeness (QED) is 0.667. The molecule has 3 aromatic rings. The molecule has 0 bridgehead atoms. The average molecular weight is 384 g/mol. The molecule has 1 saturated heterocycles. The van der Waals surface area contributed by atoms with Gasteiger partial charge in [0.05, 0.1) is 0 Å². The molecule has 6 heteroatoms. The minimum Gasteiger partial charge on any atom is -0.451 e. The third-order valence-corrected chi connectivity index (χ3v) is 6.08. The van der Waals surface area contributed by atoms with Crippen molar-refractivity contribution in [1.29, 1.82) is 0 Å². The zero-order valence-electron chi connectivity index (χ0n) is 15.1. The SMILES string of the molecule is CN(C(=O)c1oc2ccccc2c1CSc1ccccc1F)C1CCNC1. The molecular weight excluding hydrogens is 363 g/mol. The molecule has 1 aromatic heterocycles. The molecule has 4 rings (SSSR count). The van der Waals surface area contributed by atoms with Crippen molar-refractivity contribution in [2.75, 3.05) is 20.1 Å². The van der Waals surface area contributed by atoms with Gasteiger partial charge in [0.2, 0.25) is 0 Å². The summed E-state index contributed by atoms with van der Waals surface area (Å²) in [5, 5.41) is 4.19. The zero-order chi connectivity index (χ0) is 18.8. The summed E-state index contributed by atoms with van der Waals surface area (Å²) in [6.45, 7) is 1.71. The summed E-state index contributed by atoms with van der Waals surface area (Å²) in [4.78, 5) is 15.4. The Bertz CT molecular complexity index is 966. The van der Waals surface area contributed by atoms with E-state index in [1.54, 1.807) is 17.0 Å². The van der Waals surface area contributed by atoms with Crippen LogP contribution >= 0.6 is 11.8 Å². The van der Waals surface area contributed by atoms with Crippen LogP contribution in [0.1, 0.15) is 22.5 Å². The van der Waals surface area contributed by atoms with Crippen LogP contribution in [0.3, 0.4) is 0 Å². The Kier molecular flexibility index (Phi) is 5.18. The minimum atomic E-state index is -0.252. The predicted molar refractivity (Wildman–Crippen MR) is 106 cm³/mol. The number of hydrogen-bond donors (Lipinski definition) is 1. The number of likely N-dealkylation sites (N-methyl/N-ethyl adjacent to an activating group) is 1. The van der Waals surface area contributed by atoms with Crippen LogP contribution in [-0.2, 0) is 5.75 Å². The monoisotopic (exact) mass is 384 g/mol. The van der Waals surface area contributed by atoms with E-state index in [-0.39, 0.29) is 17.8 Å². The van der Waals surface area contributed by atoms with Crippen molar-refractivity contribution in [3.8, 4) is 0 Å². The maximum absolute atomic E-state index is 14.0. The van der Waals surface area contributed by atoms with Gasteiger partial charge in [0.15, 0.2) is 5.76 Å². The molecule has 140 valence electrons. The van der Waals surface area contributed by atoms with Crippen molar-refractivity contribution in [3.63, 3.8) is 0 Å². The Morgan fingerprint density at radius 3 is 2.81 bits per heavy atom. The van der Waals surface area contributed by atoms with E-state index >= 15 is 0 Å². The highest BCUT2D eigenvalue weighted by molar-refractivity contribution is 7.98. The molecule has 0 saturated carbocycles. The molecule has 1 unspecified atom stereocenters. The molecule has 0 aliphatic carbocycles. The molecule has 0 radical (unpaired) electrons. The van der Waals surface area contributed by atoms with Gasteiger partial charge < -0.3 is 14.6 Å². The van der Waals surface area contributed by atoms with Crippen LogP contribution in [0.15, 0.2) is 57.8 Å². The normalized spacial score (nSPS) is 16.7. The molecule has 1 atom stereocenters. The van der Waals surface area contributed by atoms with Gasteiger partial charge in [-0.25, -0.2) is 4.39 Å². The fourth-order valence-corrected chi connectivity index (χ4v) is 4.39. The molecule has 1 amide bonds. The first-order valence-electron chi connectivity index (χ1n) is 9.01. The van der Waals surface area contributed by atoms with Crippen LogP contribution in [0.4, 0.5) is 4.39 Å². The van der Waals surface area contributed by atoms with E-state index in [1.807, 2.05) is 37.4 Å². The molecule has 27 heavy (non-hydrogen) atoms. The van der Waals surface area contributed by atoms with Crippen molar-refractivity contribution >= 4 is 28.6 Å². The van der Waals surface area contributed by atoms with Crippen LogP contribution < -0.4 is 5.32 Å². The maximum Gasteiger partial charge on any atom is 0.289 e. The smallest absolute Gasteiger partial charge is 0.289 e. The van der Waals surface area contributed by atoms with Gasteiger partial charge in [0, 0.05) is 41.2 Å². The number of amides is 1. The molecule has 0 spiro atoms. The van der Waals surface area contributed by atoms with Gasteiger partial charge in [-0.05, 0) is 31.2 Å². The van der Waals surface area contributed by atoms with Crippen molar-refractivity contribution in [2.45, 2.75) is 23.1 Å². The number of hydrogen-bond acceptors (Lipinski definition) is 4. The van der Waals surface area contributed by atoms with Gasteiger partial charge in [0.25, 0.3) is 5.91 Å². The second-order valence-electron chi connectivity index (χ2n) is 6.69. The summed E-state index contributed by atoms with van der Waals surface area (Å²) in [7, 11) is 1.82.